The molecule has 3 rings (SSSR count). The summed E-state index contributed by atoms with van der Waals surface area (Å²) in [7, 11) is 0. The molecule has 0 radical (unpaired) electrons. The van der Waals surface area contributed by atoms with Crippen LogP contribution in [0.5, 0.6) is 0 Å². The lowest BCUT2D eigenvalue weighted by Gasteiger charge is -2.01. The highest BCUT2D eigenvalue weighted by molar-refractivity contribution is 9.10. The summed E-state index contributed by atoms with van der Waals surface area (Å²) >= 11 is 9.31. The minimum Gasteiger partial charge on any atom is -0.306 e. The van der Waals surface area contributed by atoms with Crippen molar-refractivity contribution in [1.82, 2.24) is 9.55 Å². The molecule has 0 saturated heterocycles. The molecular formula is C15H10BrClN2. The van der Waals surface area contributed by atoms with E-state index in [0.717, 1.165) is 26.4 Å². The first-order chi connectivity index (χ1) is 9.22. The number of imidazole rings is 1. The van der Waals surface area contributed by atoms with Gasteiger partial charge in [-0.2, -0.15) is 0 Å². The van der Waals surface area contributed by atoms with Crippen molar-refractivity contribution < 1.29 is 0 Å². The van der Waals surface area contributed by atoms with Crippen molar-refractivity contribution in [3.05, 3.63) is 70.6 Å². The van der Waals surface area contributed by atoms with E-state index >= 15 is 0 Å². The Bertz CT molecular complexity index is 627. The van der Waals surface area contributed by atoms with E-state index in [0.29, 0.717) is 0 Å². The Morgan fingerprint density at radius 3 is 2.32 bits per heavy atom. The predicted octanol–water partition coefficient (Wildman–Crippen LogP) is 4.96. The summed E-state index contributed by atoms with van der Waals surface area (Å²) in [6.07, 6.45) is 3.82. The van der Waals surface area contributed by atoms with Crippen molar-refractivity contribution in [2.24, 2.45) is 0 Å². The molecule has 0 bridgehead atoms. The van der Waals surface area contributed by atoms with Crippen molar-refractivity contribution >= 4 is 27.5 Å². The molecule has 0 fully saturated rings. The van der Waals surface area contributed by atoms with Gasteiger partial charge in [0.25, 0.3) is 0 Å². The van der Waals surface area contributed by atoms with Crippen LogP contribution in [0.3, 0.4) is 0 Å². The molecule has 4 heteroatoms. The zero-order valence-corrected chi connectivity index (χ0v) is 12.3. The van der Waals surface area contributed by atoms with E-state index in [1.54, 1.807) is 0 Å². The molecule has 0 atom stereocenters. The second-order valence-corrected chi connectivity index (χ2v) is 5.50. The summed E-state index contributed by atoms with van der Waals surface area (Å²) in [5, 5.41) is 0.732. The molecule has 2 nitrogen and oxygen atoms in total. The number of benzene rings is 2. The quantitative estimate of drug-likeness (QED) is 0.648. The molecule has 0 aliphatic heterocycles. The SMILES string of the molecule is Clc1ccc(-c2cn(-c3ccc(Br)cc3)cn2)cc1. The van der Waals surface area contributed by atoms with Gasteiger partial charge in [0.2, 0.25) is 0 Å². The van der Waals surface area contributed by atoms with Crippen LogP contribution in [-0.4, -0.2) is 9.55 Å². The van der Waals surface area contributed by atoms with Crippen LogP contribution >= 0.6 is 27.5 Å². The van der Waals surface area contributed by atoms with Gasteiger partial charge in [-0.3, -0.25) is 0 Å². The maximum Gasteiger partial charge on any atom is 0.0999 e. The normalized spacial score (nSPS) is 10.6. The molecule has 19 heavy (non-hydrogen) atoms. The van der Waals surface area contributed by atoms with Gasteiger partial charge in [-0.15, -0.1) is 0 Å². The molecule has 0 unspecified atom stereocenters. The van der Waals surface area contributed by atoms with E-state index in [-0.39, 0.29) is 0 Å². The lowest BCUT2D eigenvalue weighted by Crippen LogP contribution is -1.88. The summed E-state index contributed by atoms with van der Waals surface area (Å²) in [5.41, 5.74) is 3.07. The van der Waals surface area contributed by atoms with Crippen molar-refractivity contribution in [3.63, 3.8) is 0 Å². The Labute approximate surface area is 124 Å². The van der Waals surface area contributed by atoms with Crippen LogP contribution in [-0.2, 0) is 0 Å². The average Bonchev–Trinajstić information content (AvgIpc) is 2.90. The van der Waals surface area contributed by atoms with Crippen LogP contribution in [0.2, 0.25) is 5.02 Å². The summed E-state index contributed by atoms with van der Waals surface area (Å²) in [6.45, 7) is 0. The van der Waals surface area contributed by atoms with Gasteiger partial charge >= 0.3 is 0 Å². The topological polar surface area (TPSA) is 17.8 Å². The third kappa shape index (κ3) is 2.72. The molecule has 1 heterocycles. The Balaban J connectivity index is 1.95. The number of halogens is 2. The molecule has 0 aliphatic rings. The summed E-state index contributed by atoms with van der Waals surface area (Å²) in [6, 6.07) is 15.8. The first-order valence-corrected chi connectivity index (χ1v) is 6.95. The van der Waals surface area contributed by atoms with E-state index in [1.165, 1.54) is 0 Å². The van der Waals surface area contributed by atoms with Crippen molar-refractivity contribution in [2.45, 2.75) is 0 Å². The molecule has 2 aromatic carbocycles. The van der Waals surface area contributed by atoms with Gasteiger partial charge in [-0.25, -0.2) is 4.98 Å². The zero-order chi connectivity index (χ0) is 13.2. The number of aromatic nitrogens is 2. The molecule has 3 aromatic rings. The average molecular weight is 334 g/mol. The number of rotatable bonds is 2. The first kappa shape index (κ1) is 12.5. The van der Waals surface area contributed by atoms with Gasteiger partial charge in [0.05, 0.1) is 12.0 Å². The van der Waals surface area contributed by atoms with E-state index in [2.05, 4.69) is 20.9 Å². The van der Waals surface area contributed by atoms with Crippen LogP contribution < -0.4 is 0 Å². The van der Waals surface area contributed by atoms with E-state index in [1.807, 2.05) is 65.6 Å². The molecule has 0 saturated carbocycles. The van der Waals surface area contributed by atoms with E-state index < -0.39 is 0 Å². The van der Waals surface area contributed by atoms with Crippen LogP contribution in [0.15, 0.2) is 65.5 Å². The molecule has 0 N–H and O–H groups in total. The van der Waals surface area contributed by atoms with Gasteiger partial charge in [0.1, 0.15) is 0 Å². The smallest absolute Gasteiger partial charge is 0.0999 e. The Hall–Kier alpha value is -1.58. The molecule has 0 aliphatic carbocycles. The fourth-order valence-corrected chi connectivity index (χ4v) is 2.24. The van der Waals surface area contributed by atoms with Crippen LogP contribution in [0.4, 0.5) is 0 Å². The molecule has 94 valence electrons. The second-order valence-electron chi connectivity index (χ2n) is 4.15. The van der Waals surface area contributed by atoms with Gasteiger partial charge in [-0.1, -0.05) is 39.7 Å². The highest BCUT2D eigenvalue weighted by atomic mass is 79.9. The van der Waals surface area contributed by atoms with E-state index in [4.69, 9.17) is 11.6 Å². The van der Waals surface area contributed by atoms with Crippen LogP contribution in [0.1, 0.15) is 0 Å². The van der Waals surface area contributed by atoms with Crippen LogP contribution in [0, 0.1) is 0 Å². The minimum absolute atomic E-state index is 0.732. The molecular weight excluding hydrogens is 324 g/mol. The number of hydrogen-bond acceptors (Lipinski definition) is 1. The molecule has 0 spiro atoms. The lowest BCUT2D eigenvalue weighted by molar-refractivity contribution is 1.06. The van der Waals surface area contributed by atoms with Gasteiger partial charge in [0.15, 0.2) is 0 Å². The summed E-state index contributed by atoms with van der Waals surface area (Å²) in [4.78, 5) is 4.42. The van der Waals surface area contributed by atoms with Gasteiger partial charge in [-0.05, 0) is 36.4 Å². The van der Waals surface area contributed by atoms with Gasteiger partial charge in [0, 0.05) is 26.9 Å². The Kier molecular flexibility index (Phi) is 3.40. The zero-order valence-electron chi connectivity index (χ0n) is 9.92. The monoisotopic (exact) mass is 332 g/mol. The highest BCUT2D eigenvalue weighted by Gasteiger charge is 2.03. The van der Waals surface area contributed by atoms with Gasteiger partial charge < -0.3 is 4.57 Å². The Morgan fingerprint density at radius 2 is 1.63 bits per heavy atom. The fourth-order valence-electron chi connectivity index (χ4n) is 1.85. The number of hydrogen-bond donors (Lipinski definition) is 0. The third-order valence-electron chi connectivity index (χ3n) is 2.85. The third-order valence-corrected chi connectivity index (χ3v) is 3.63. The fraction of sp³-hybridized carbons (Fsp3) is 0. The molecule has 1 aromatic heterocycles. The summed E-state index contributed by atoms with van der Waals surface area (Å²) in [5.74, 6) is 0. The van der Waals surface area contributed by atoms with Crippen molar-refractivity contribution in [1.29, 1.82) is 0 Å². The maximum atomic E-state index is 5.88. The van der Waals surface area contributed by atoms with Crippen molar-refractivity contribution in [2.75, 3.05) is 0 Å². The molecule has 0 amide bonds. The Morgan fingerprint density at radius 1 is 0.947 bits per heavy atom. The predicted molar refractivity (Wildman–Crippen MR) is 81.7 cm³/mol. The highest BCUT2D eigenvalue weighted by Crippen LogP contribution is 2.21. The standard InChI is InChI=1S/C15H10BrClN2/c16-12-3-7-14(8-4-12)19-9-15(18-10-19)11-1-5-13(17)6-2-11/h1-10H. The first-order valence-electron chi connectivity index (χ1n) is 5.78. The second kappa shape index (κ2) is 5.19. The summed E-state index contributed by atoms with van der Waals surface area (Å²) < 4.78 is 3.06. The minimum atomic E-state index is 0.732. The largest absolute Gasteiger partial charge is 0.306 e. The van der Waals surface area contributed by atoms with Crippen LogP contribution in [0.25, 0.3) is 16.9 Å². The lowest BCUT2D eigenvalue weighted by atomic mass is 10.2. The van der Waals surface area contributed by atoms with Crippen molar-refractivity contribution in [3.8, 4) is 16.9 Å². The maximum absolute atomic E-state index is 5.88. The number of nitrogens with zero attached hydrogens (tertiary/aromatic N) is 2. The van der Waals surface area contributed by atoms with E-state index in [9.17, 15) is 0 Å².